The van der Waals surface area contributed by atoms with Crippen LogP contribution in [0.4, 0.5) is 0 Å². The molecular formula is C18H20Cl2N2O. The van der Waals surface area contributed by atoms with E-state index in [9.17, 15) is 4.79 Å². The van der Waals surface area contributed by atoms with E-state index in [1.54, 1.807) is 0 Å². The molecule has 23 heavy (non-hydrogen) atoms. The molecule has 3 N–H and O–H groups in total. The minimum Gasteiger partial charge on any atom is -0.351 e. The van der Waals surface area contributed by atoms with Crippen LogP contribution in [0, 0.1) is 0 Å². The molecule has 1 amide bonds. The summed E-state index contributed by atoms with van der Waals surface area (Å²) in [7, 11) is 0. The van der Waals surface area contributed by atoms with E-state index in [0.717, 1.165) is 23.4 Å². The summed E-state index contributed by atoms with van der Waals surface area (Å²) in [5.74, 6) is -0.0446. The van der Waals surface area contributed by atoms with E-state index in [1.807, 2.05) is 42.5 Å². The molecule has 2 aromatic carbocycles. The molecule has 1 saturated carbocycles. The van der Waals surface area contributed by atoms with Gasteiger partial charge in [0.1, 0.15) is 0 Å². The predicted octanol–water partition coefficient (Wildman–Crippen LogP) is 3.68. The molecule has 122 valence electrons. The van der Waals surface area contributed by atoms with Crippen LogP contribution in [-0.2, 0) is 12.0 Å². The van der Waals surface area contributed by atoms with Crippen LogP contribution in [0.2, 0.25) is 5.02 Å². The Labute approximate surface area is 147 Å². The summed E-state index contributed by atoms with van der Waals surface area (Å²) in [6.45, 7) is 1.13. The van der Waals surface area contributed by atoms with Gasteiger partial charge in [0, 0.05) is 29.1 Å². The van der Waals surface area contributed by atoms with Gasteiger partial charge in [0.15, 0.2) is 0 Å². The number of rotatable bonds is 5. The van der Waals surface area contributed by atoms with Gasteiger partial charge in [-0.05, 0) is 48.2 Å². The maximum atomic E-state index is 12.2. The average molecular weight is 351 g/mol. The zero-order valence-corrected chi connectivity index (χ0v) is 14.3. The number of nitrogens with one attached hydrogen (secondary N) is 1. The minimum atomic E-state index is -0.0446. The van der Waals surface area contributed by atoms with Crippen LogP contribution in [0.1, 0.15) is 34.3 Å². The van der Waals surface area contributed by atoms with Crippen LogP contribution >= 0.6 is 24.0 Å². The van der Waals surface area contributed by atoms with Crippen LogP contribution in [0.15, 0.2) is 48.5 Å². The number of carbonyl (C=O) groups excluding carboxylic acids is 1. The summed E-state index contributed by atoms with van der Waals surface area (Å²) in [5.41, 5.74) is 8.51. The second-order valence-electron chi connectivity index (χ2n) is 5.87. The van der Waals surface area contributed by atoms with Crippen LogP contribution in [0.25, 0.3) is 0 Å². The average Bonchev–Trinajstić information content (AvgIpc) is 3.34. The van der Waals surface area contributed by atoms with Crippen LogP contribution < -0.4 is 11.1 Å². The monoisotopic (exact) mass is 350 g/mol. The molecule has 1 aliphatic carbocycles. The smallest absolute Gasteiger partial charge is 0.251 e. The SMILES string of the molecule is Cl.NCc1ccc(C(=O)NCC2(c3cccc(Cl)c3)CC2)cc1. The van der Waals surface area contributed by atoms with Gasteiger partial charge >= 0.3 is 0 Å². The zero-order chi connectivity index (χ0) is 15.6. The standard InChI is InChI=1S/C18H19ClN2O.ClH/c19-16-3-1-2-15(10-16)18(8-9-18)12-21-17(22)14-6-4-13(11-20)5-7-14;/h1-7,10H,8-9,11-12,20H2,(H,21,22);1H. The van der Waals surface area contributed by atoms with Gasteiger partial charge in [-0.1, -0.05) is 35.9 Å². The number of halogens is 2. The zero-order valence-electron chi connectivity index (χ0n) is 12.7. The molecule has 0 atom stereocenters. The number of hydrogen-bond acceptors (Lipinski definition) is 2. The first-order valence-corrected chi connectivity index (χ1v) is 7.84. The highest BCUT2D eigenvalue weighted by molar-refractivity contribution is 6.30. The van der Waals surface area contributed by atoms with Gasteiger partial charge in [-0.25, -0.2) is 0 Å². The van der Waals surface area contributed by atoms with Crippen molar-refractivity contribution < 1.29 is 4.79 Å². The Morgan fingerprint density at radius 1 is 1.17 bits per heavy atom. The first-order chi connectivity index (χ1) is 10.6. The Kier molecular flexibility index (Phi) is 5.69. The second kappa shape index (κ2) is 7.35. The van der Waals surface area contributed by atoms with Crippen molar-refractivity contribution in [3.05, 3.63) is 70.2 Å². The lowest BCUT2D eigenvalue weighted by molar-refractivity contribution is 0.0949. The molecule has 0 unspecified atom stereocenters. The van der Waals surface area contributed by atoms with Gasteiger partial charge in [-0.3, -0.25) is 4.79 Å². The fourth-order valence-electron chi connectivity index (χ4n) is 2.68. The van der Waals surface area contributed by atoms with E-state index < -0.39 is 0 Å². The lowest BCUT2D eigenvalue weighted by Gasteiger charge is -2.17. The highest BCUT2D eigenvalue weighted by Gasteiger charge is 2.44. The fraction of sp³-hybridized carbons (Fsp3) is 0.278. The summed E-state index contributed by atoms with van der Waals surface area (Å²) in [6, 6.07) is 15.3. The van der Waals surface area contributed by atoms with Gasteiger partial charge < -0.3 is 11.1 Å². The van der Waals surface area contributed by atoms with Crippen molar-refractivity contribution in [1.29, 1.82) is 0 Å². The molecule has 1 aliphatic rings. The molecule has 3 nitrogen and oxygen atoms in total. The summed E-state index contributed by atoms with van der Waals surface area (Å²) in [5, 5.41) is 3.79. The fourth-order valence-corrected chi connectivity index (χ4v) is 2.87. The van der Waals surface area contributed by atoms with Crippen LogP contribution in [-0.4, -0.2) is 12.5 Å². The molecule has 0 heterocycles. The Morgan fingerprint density at radius 2 is 1.87 bits per heavy atom. The third-order valence-corrected chi connectivity index (χ3v) is 4.56. The molecule has 0 bridgehead atoms. The predicted molar refractivity (Wildman–Crippen MR) is 96.3 cm³/mol. The number of nitrogens with two attached hydrogens (primary N) is 1. The van der Waals surface area contributed by atoms with Gasteiger partial charge in [0.05, 0.1) is 0 Å². The van der Waals surface area contributed by atoms with E-state index in [1.165, 1.54) is 5.56 Å². The summed E-state index contributed by atoms with van der Waals surface area (Å²) in [6.07, 6.45) is 2.17. The Hall–Kier alpha value is -1.55. The first-order valence-electron chi connectivity index (χ1n) is 7.46. The quantitative estimate of drug-likeness (QED) is 0.863. The van der Waals surface area contributed by atoms with Gasteiger partial charge in [0.2, 0.25) is 0 Å². The van der Waals surface area contributed by atoms with Crippen molar-refractivity contribution in [1.82, 2.24) is 5.32 Å². The van der Waals surface area contributed by atoms with Crippen LogP contribution in [0.3, 0.4) is 0 Å². The van der Waals surface area contributed by atoms with E-state index in [2.05, 4.69) is 11.4 Å². The number of benzene rings is 2. The Bertz CT molecular complexity index is 682. The number of amides is 1. The molecule has 3 rings (SSSR count). The molecule has 1 fully saturated rings. The largest absolute Gasteiger partial charge is 0.351 e. The molecule has 0 spiro atoms. The lowest BCUT2D eigenvalue weighted by atomic mass is 9.96. The Balaban J connectivity index is 0.00000192. The molecule has 0 aliphatic heterocycles. The summed E-state index contributed by atoms with van der Waals surface area (Å²) >= 11 is 6.07. The van der Waals surface area contributed by atoms with Crippen molar-refractivity contribution in [3.63, 3.8) is 0 Å². The normalized spacial score (nSPS) is 14.7. The molecule has 0 aromatic heterocycles. The van der Waals surface area contributed by atoms with Crippen molar-refractivity contribution in [2.75, 3.05) is 6.54 Å². The maximum Gasteiger partial charge on any atom is 0.251 e. The third kappa shape index (κ3) is 4.05. The first kappa shape index (κ1) is 17.8. The van der Waals surface area contributed by atoms with E-state index in [4.69, 9.17) is 17.3 Å². The summed E-state index contributed by atoms with van der Waals surface area (Å²) in [4.78, 5) is 12.2. The van der Waals surface area contributed by atoms with E-state index in [0.29, 0.717) is 18.7 Å². The molecule has 2 aromatic rings. The minimum absolute atomic E-state index is 0. The van der Waals surface area contributed by atoms with Crippen molar-refractivity contribution >= 4 is 29.9 Å². The van der Waals surface area contributed by atoms with E-state index >= 15 is 0 Å². The highest BCUT2D eigenvalue weighted by atomic mass is 35.5. The molecule has 0 radical (unpaired) electrons. The van der Waals surface area contributed by atoms with Gasteiger partial charge in [0.25, 0.3) is 5.91 Å². The van der Waals surface area contributed by atoms with Gasteiger partial charge in [-0.15, -0.1) is 12.4 Å². The topological polar surface area (TPSA) is 55.1 Å². The third-order valence-electron chi connectivity index (χ3n) is 4.33. The summed E-state index contributed by atoms with van der Waals surface area (Å²) < 4.78 is 0. The molecule has 5 heteroatoms. The number of carbonyl (C=O) groups is 1. The maximum absolute atomic E-state index is 12.2. The van der Waals surface area contributed by atoms with Gasteiger partial charge in [-0.2, -0.15) is 0 Å². The molecule has 0 saturated heterocycles. The van der Waals surface area contributed by atoms with Crippen molar-refractivity contribution in [2.45, 2.75) is 24.8 Å². The van der Waals surface area contributed by atoms with Crippen LogP contribution in [0.5, 0.6) is 0 Å². The van der Waals surface area contributed by atoms with Crippen molar-refractivity contribution in [3.8, 4) is 0 Å². The molecular weight excluding hydrogens is 331 g/mol. The van der Waals surface area contributed by atoms with E-state index in [-0.39, 0.29) is 23.7 Å². The van der Waals surface area contributed by atoms with Crippen molar-refractivity contribution in [2.24, 2.45) is 5.73 Å². The lowest BCUT2D eigenvalue weighted by Crippen LogP contribution is -2.32. The second-order valence-corrected chi connectivity index (χ2v) is 6.31. The Morgan fingerprint density at radius 3 is 2.43 bits per heavy atom. The highest BCUT2D eigenvalue weighted by Crippen LogP contribution is 2.48. The number of hydrogen-bond donors (Lipinski definition) is 2.